The molecule has 3 nitrogen and oxygen atoms in total. The highest BCUT2D eigenvalue weighted by Crippen LogP contribution is 2.15. The third-order valence-corrected chi connectivity index (χ3v) is 3.49. The van der Waals surface area contributed by atoms with Crippen molar-refractivity contribution in [3.05, 3.63) is 64.2 Å². The Bertz CT molecular complexity index is 623. The molecular formula is C17H19ClN2O. The van der Waals surface area contributed by atoms with Crippen LogP contribution >= 0.6 is 11.6 Å². The van der Waals surface area contributed by atoms with E-state index >= 15 is 0 Å². The number of aryl methyl sites for hydroxylation is 2. The SMILES string of the molecule is Cc1ccc(NC(=O)NCCc2ccc(Cl)cc2)c(C)c1. The number of carbonyl (C=O) groups excluding carboxylic acids is 1. The van der Waals surface area contributed by atoms with Crippen LogP contribution in [0.3, 0.4) is 0 Å². The third kappa shape index (κ3) is 4.80. The monoisotopic (exact) mass is 302 g/mol. The molecule has 4 heteroatoms. The highest BCUT2D eigenvalue weighted by Gasteiger charge is 2.04. The van der Waals surface area contributed by atoms with Gasteiger partial charge in [0.2, 0.25) is 0 Å². The van der Waals surface area contributed by atoms with Gasteiger partial charge in [0.25, 0.3) is 0 Å². The number of hydrogen-bond donors (Lipinski definition) is 2. The fourth-order valence-electron chi connectivity index (χ4n) is 2.09. The second-order valence-electron chi connectivity index (χ2n) is 5.08. The Hall–Kier alpha value is -2.00. The van der Waals surface area contributed by atoms with Crippen LogP contribution < -0.4 is 10.6 Å². The van der Waals surface area contributed by atoms with Crippen LogP contribution in [-0.4, -0.2) is 12.6 Å². The van der Waals surface area contributed by atoms with Gasteiger partial charge in [0.1, 0.15) is 0 Å². The molecule has 0 aliphatic heterocycles. The summed E-state index contributed by atoms with van der Waals surface area (Å²) in [4.78, 5) is 11.9. The summed E-state index contributed by atoms with van der Waals surface area (Å²) in [5.41, 5.74) is 4.22. The molecule has 0 saturated carbocycles. The first-order chi connectivity index (χ1) is 10.0. The number of halogens is 1. The highest BCUT2D eigenvalue weighted by atomic mass is 35.5. The Morgan fingerprint density at radius 3 is 2.48 bits per heavy atom. The number of nitrogens with one attached hydrogen (secondary N) is 2. The standard InChI is InChI=1S/C17H19ClN2O/c1-12-3-8-16(13(2)11-12)20-17(21)19-10-9-14-4-6-15(18)7-5-14/h3-8,11H,9-10H2,1-2H3,(H2,19,20,21). The Morgan fingerprint density at radius 1 is 1.10 bits per heavy atom. The molecule has 2 aromatic rings. The molecule has 0 heterocycles. The van der Waals surface area contributed by atoms with E-state index in [9.17, 15) is 4.79 Å². The lowest BCUT2D eigenvalue weighted by Gasteiger charge is -2.10. The molecule has 0 fully saturated rings. The lowest BCUT2D eigenvalue weighted by Crippen LogP contribution is -2.30. The molecule has 0 radical (unpaired) electrons. The van der Waals surface area contributed by atoms with Crippen molar-refractivity contribution in [1.82, 2.24) is 5.32 Å². The van der Waals surface area contributed by atoms with E-state index in [0.717, 1.165) is 28.3 Å². The fourth-order valence-corrected chi connectivity index (χ4v) is 2.22. The maximum Gasteiger partial charge on any atom is 0.319 e. The van der Waals surface area contributed by atoms with Gasteiger partial charge in [-0.2, -0.15) is 0 Å². The molecule has 2 aromatic carbocycles. The van der Waals surface area contributed by atoms with Crippen LogP contribution in [0.5, 0.6) is 0 Å². The van der Waals surface area contributed by atoms with E-state index in [1.807, 2.05) is 56.3 Å². The number of urea groups is 1. The van der Waals surface area contributed by atoms with E-state index < -0.39 is 0 Å². The number of carbonyl (C=O) groups is 1. The zero-order valence-corrected chi connectivity index (χ0v) is 13.0. The molecule has 2 N–H and O–H groups in total. The molecule has 110 valence electrons. The lowest BCUT2D eigenvalue weighted by molar-refractivity contribution is 0.252. The summed E-state index contributed by atoms with van der Waals surface area (Å²) >= 11 is 5.83. The Kier molecular flexibility index (Phi) is 5.23. The second-order valence-corrected chi connectivity index (χ2v) is 5.51. The molecular weight excluding hydrogens is 284 g/mol. The van der Waals surface area contributed by atoms with Crippen molar-refractivity contribution in [3.8, 4) is 0 Å². The van der Waals surface area contributed by atoms with E-state index in [0.29, 0.717) is 6.54 Å². The van der Waals surface area contributed by atoms with Crippen molar-refractivity contribution in [2.45, 2.75) is 20.3 Å². The van der Waals surface area contributed by atoms with E-state index in [1.165, 1.54) is 5.56 Å². The molecule has 0 atom stereocenters. The normalized spacial score (nSPS) is 10.2. The first-order valence-corrected chi connectivity index (χ1v) is 7.29. The van der Waals surface area contributed by atoms with Crippen LogP contribution in [-0.2, 0) is 6.42 Å². The quantitative estimate of drug-likeness (QED) is 0.867. The van der Waals surface area contributed by atoms with Crippen LogP contribution in [0.2, 0.25) is 5.02 Å². The maximum absolute atomic E-state index is 11.9. The predicted octanol–water partition coefficient (Wildman–Crippen LogP) is 4.32. The first kappa shape index (κ1) is 15.4. The number of benzene rings is 2. The van der Waals surface area contributed by atoms with Gasteiger partial charge >= 0.3 is 6.03 Å². The number of hydrogen-bond acceptors (Lipinski definition) is 1. The highest BCUT2D eigenvalue weighted by molar-refractivity contribution is 6.30. The van der Waals surface area contributed by atoms with Crippen molar-refractivity contribution in [2.24, 2.45) is 0 Å². The first-order valence-electron chi connectivity index (χ1n) is 6.91. The van der Waals surface area contributed by atoms with Gasteiger partial charge in [0.05, 0.1) is 0 Å². The van der Waals surface area contributed by atoms with Crippen molar-refractivity contribution < 1.29 is 4.79 Å². The zero-order valence-electron chi connectivity index (χ0n) is 12.2. The largest absolute Gasteiger partial charge is 0.338 e. The molecule has 2 amide bonds. The molecule has 0 bridgehead atoms. The average Bonchev–Trinajstić information content (AvgIpc) is 2.44. The van der Waals surface area contributed by atoms with Crippen LogP contribution in [0, 0.1) is 13.8 Å². The molecule has 0 aliphatic rings. The van der Waals surface area contributed by atoms with Crippen molar-refractivity contribution >= 4 is 23.3 Å². The molecule has 0 unspecified atom stereocenters. The summed E-state index contributed by atoms with van der Waals surface area (Å²) in [5.74, 6) is 0. The molecule has 21 heavy (non-hydrogen) atoms. The van der Waals surface area contributed by atoms with Crippen LogP contribution in [0.25, 0.3) is 0 Å². The number of amides is 2. The Morgan fingerprint density at radius 2 is 1.81 bits per heavy atom. The van der Waals surface area contributed by atoms with Crippen LogP contribution in [0.4, 0.5) is 10.5 Å². The topological polar surface area (TPSA) is 41.1 Å². The average molecular weight is 303 g/mol. The van der Waals surface area contributed by atoms with Gasteiger partial charge in [0.15, 0.2) is 0 Å². The summed E-state index contributed by atoms with van der Waals surface area (Å²) < 4.78 is 0. The summed E-state index contributed by atoms with van der Waals surface area (Å²) in [6, 6.07) is 13.4. The van der Waals surface area contributed by atoms with Crippen molar-refractivity contribution in [2.75, 3.05) is 11.9 Å². The van der Waals surface area contributed by atoms with E-state index in [-0.39, 0.29) is 6.03 Å². The minimum Gasteiger partial charge on any atom is -0.338 e. The fraction of sp³-hybridized carbons (Fsp3) is 0.235. The summed E-state index contributed by atoms with van der Waals surface area (Å²) in [6.07, 6.45) is 0.775. The number of anilines is 1. The van der Waals surface area contributed by atoms with Crippen LogP contribution in [0.1, 0.15) is 16.7 Å². The molecule has 0 aromatic heterocycles. The molecule has 0 spiro atoms. The van der Waals surface area contributed by atoms with Gasteiger partial charge < -0.3 is 10.6 Å². The molecule has 0 saturated heterocycles. The smallest absolute Gasteiger partial charge is 0.319 e. The van der Waals surface area contributed by atoms with Crippen molar-refractivity contribution in [3.63, 3.8) is 0 Å². The van der Waals surface area contributed by atoms with Gasteiger partial charge in [-0.3, -0.25) is 0 Å². The lowest BCUT2D eigenvalue weighted by atomic mass is 10.1. The molecule has 0 aliphatic carbocycles. The van der Waals surface area contributed by atoms with Gasteiger partial charge in [-0.25, -0.2) is 4.79 Å². The predicted molar refractivity (Wildman–Crippen MR) is 88.1 cm³/mol. The summed E-state index contributed by atoms with van der Waals surface area (Å²) in [6.45, 7) is 4.59. The molecule has 2 rings (SSSR count). The summed E-state index contributed by atoms with van der Waals surface area (Å²) in [5, 5.41) is 6.44. The summed E-state index contributed by atoms with van der Waals surface area (Å²) in [7, 11) is 0. The van der Waals surface area contributed by atoms with Gasteiger partial charge in [-0.05, 0) is 49.6 Å². The van der Waals surface area contributed by atoms with Gasteiger partial charge in [-0.1, -0.05) is 41.4 Å². The van der Waals surface area contributed by atoms with Gasteiger partial charge in [-0.15, -0.1) is 0 Å². The maximum atomic E-state index is 11.9. The van der Waals surface area contributed by atoms with E-state index in [1.54, 1.807) is 0 Å². The van der Waals surface area contributed by atoms with E-state index in [2.05, 4.69) is 10.6 Å². The minimum atomic E-state index is -0.184. The van der Waals surface area contributed by atoms with Crippen molar-refractivity contribution in [1.29, 1.82) is 0 Å². The van der Waals surface area contributed by atoms with Gasteiger partial charge in [0, 0.05) is 17.3 Å². The third-order valence-electron chi connectivity index (χ3n) is 3.24. The number of rotatable bonds is 4. The van der Waals surface area contributed by atoms with Crippen LogP contribution in [0.15, 0.2) is 42.5 Å². The van der Waals surface area contributed by atoms with E-state index in [4.69, 9.17) is 11.6 Å². The second kappa shape index (κ2) is 7.14. The Balaban J connectivity index is 1.81. The minimum absolute atomic E-state index is 0.184. The zero-order chi connectivity index (χ0) is 15.2. The Labute approximate surface area is 130 Å².